The summed E-state index contributed by atoms with van der Waals surface area (Å²) < 4.78 is 10.9. The normalized spacial score (nSPS) is 14.0. The van der Waals surface area contributed by atoms with Gasteiger partial charge in [-0.15, -0.1) is 0 Å². The number of hydrogen-bond acceptors (Lipinski definition) is 3. The zero-order valence-electron chi connectivity index (χ0n) is 16.5. The van der Waals surface area contributed by atoms with Crippen LogP contribution in [0, 0.1) is 0 Å². The van der Waals surface area contributed by atoms with Crippen molar-refractivity contribution in [2.45, 2.75) is 13.3 Å². The van der Waals surface area contributed by atoms with Gasteiger partial charge in [-0.3, -0.25) is 4.79 Å². The van der Waals surface area contributed by atoms with Crippen molar-refractivity contribution in [3.63, 3.8) is 0 Å². The smallest absolute Gasteiger partial charge is 0.254 e. The highest BCUT2D eigenvalue weighted by atomic mass is 35.5. The Balaban J connectivity index is 1.55. The Hall–Kier alpha value is -2.92. The van der Waals surface area contributed by atoms with Crippen molar-refractivity contribution in [3.8, 4) is 11.5 Å². The molecule has 2 heterocycles. The van der Waals surface area contributed by atoms with Crippen molar-refractivity contribution >= 4 is 34.0 Å². The molecule has 150 valence electrons. The summed E-state index contributed by atoms with van der Waals surface area (Å²) in [6.07, 6.45) is 4.98. The first-order valence-electron chi connectivity index (χ1n) is 9.67. The number of para-hydroxylation sites is 1. The molecule has 3 aromatic rings. The number of aromatic nitrogens is 1. The summed E-state index contributed by atoms with van der Waals surface area (Å²) in [5.41, 5.74) is 4.09. The van der Waals surface area contributed by atoms with Crippen LogP contribution in [-0.2, 0) is 0 Å². The standard InChI is InChI=1S/C23H23ClN2O3/c1-3-29-22-19(24)12-16(13-21(22)28-2)23(27)26-10-8-15(9-11-26)18-14-25-20-7-5-4-6-17(18)20/h4-8,12-14,25H,3,9-11H2,1-2H3. The molecule has 0 unspecified atom stereocenters. The predicted octanol–water partition coefficient (Wildman–Crippen LogP) is 5.16. The molecule has 4 rings (SSSR count). The molecule has 1 amide bonds. The number of rotatable bonds is 5. The number of methoxy groups -OCH3 is 1. The van der Waals surface area contributed by atoms with Crippen LogP contribution in [0.5, 0.6) is 11.5 Å². The Kier molecular flexibility index (Phi) is 5.49. The number of carbonyl (C=O) groups excluding carboxylic acids is 1. The second kappa shape index (κ2) is 8.21. The summed E-state index contributed by atoms with van der Waals surface area (Å²) in [5, 5.41) is 1.59. The van der Waals surface area contributed by atoms with E-state index in [1.807, 2.05) is 30.2 Å². The first-order valence-corrected chi connectivity index (χ1v) is 10.0. The average Bonchev–Trinajstić information content (AvgIpc) is 3.19. The molecule has 0 saturated heterocycles. The first kappa shape index (κ1) is 19.4. The number of fused-ring (bicyclic) bond motifs is 1. The molecule has 5 nitrogen and oxygen atoms in total. The third-order valence-electron chi connectivity index (χ3n) is 5.20. The van der Waals surface area contributed by atoms with Gasteiger partial charge in [0, 0.05) is 41.3 Å². The molecule has 0 spiro atoms. The molecule has 2 aromatic carbocycles. The van der Waals surface area contributed by atoms with E-state index in [-0.39, 0.29) is 5.91 Å². The molecule has 1 N–H and O–H groups in total. The largest absolute Gasteiger partial charge is 0.493 e. The summed E-state index contributed by atoms with van der Waals surface area (Å²) in [5.74, 6) is 0.866. The van der Waals surface area contributed by atoms with Gasteiger partial charge in [-0.25, -0.2) is 0 Å². The number of nitrogens with zero attached hydrogens (tertiary/aromatic N) is 1. The maximum absolute atomic E-state index is 13.0. The van der Waals surface area contributed by atoms with E-state index in [1.54, 1.807) is 19.2 Å². The van der Waals surface area contributed by atoms with E-state index in [4.69, 9.17) is 21.1 Å². The third kappa shape index (κ3) is 3.70. The molecule has 0 saturated carbocycles. The number of amides is 1. The van der Waals surface area contributed by atoms with E-state index >= 15 is 0 Å². The van der Waals surface area contributed by atoms with Crippen LogP contribution < -0.4 is 9.47 Å². The van der Waals surface area contributed by atoms with Gasteiger partial charge in [-0.1, -0.05) is 35.9 Å². The highest BCUT2D eigenvalue weighted by Gasteiger charge is 2.23. The van der Waals surface area contributed by atoms with Gasteiger partial charge in [-0.05, 0) is 37.1 Å². The summed E-state index contributed by atoms with van der Waals surface area (Å²) in [7, 11) is 1.54. The van der Waals surface area contributed by atoms with Gasteiger partial charge in [0.05, 0.1) is 18.7 Å². The number of benzene rings is 2. The molecule has 1 aliphatic heterocycles. The molecule has 1 aliphatic rings. The summed E-state index contributed by atoms with van der Waals surface area (Å²) in [4.78, 5) is 18.2. The van der Waals surface area contributed by atoms with Crippen LogP contribution in [0.2, 0.25) is 5.02 Å². The Morgan fingerprint density at radius 2 is 2.10 bits per heavy atom. The molecule has 0 radical (unpaired) electrons. The van der Waals surface area contributed by atoms with Gasteiger partial charge in [-0.2, -0.15) is 0 Å². The molecular formula is C23H23ClN2O3. The lowest BCUT2D eigenvalue weighted by atomic mass is 9.98. The fourth-order valence-corrected chi connectivity index (χ4v) is 4.01. The van der Waals surface area contributed by atoms with Crippen LogP contribution in [0.15, 0.2) is 48.7 Å². The second-order valence-corrected chi connectivity index (χ2v) is 7.31. The maximum Gasteiger partial charge on any atom is 0.254 e. The SMILES string of the molecule is CCOc1c(Cl)cc(C(=O)N2CC=C(c3c[nH]c4ccccc34)CC2)cc1OC. The number of halogens is 1. The van der Waals surface area contributed by atoms with E-state index in [1.165, 1.54) is 16.5 Å². The van der Waals surface area contributed by atoms with Crippen molar-refractivity contribution in [1.82, 2.24) is 9.88 Å². The Morgan fingerprint density at radius 3 is 2.83 bits per heavy atom. The topological polar surface area (TPSA) is 54.6 Å². The maximum atomic E-state index is 13.0. The Labute approximate surface area is 174 Å². The molecule has 0 fully saturated rings. The minimum absolute atomic E-state index is 0.0672. The highest BCUT2D eigenvalue weighted by Crippen LogP contribution is 2.37. The van der Waals surface area contributed by atoms with Crippen molar-refractivity contribution in [1.29, 1.82) is 0 Å². The zero-order chi connectivity index (χ0) is 20.4. The summed E-state index contributed by atoms with van der Waals surface area (Å²) >= 11 is 6.33. The van der Waals surface area contributed by atoms with Crippen LogP contribution in [0.1, 0.15) is 29.3 Å². The van der Waals surface area contributed by atoms with Crippen LogP contribution >= 0.6 is 11.6 Å². The average molecular weight is 411 g/mol. The molecule has 0 atom stereocenters. The van der Waals surface area contributed by atoms with Crippen LogP contribution in [-0.4, -0.2) is 42.6 Å². The number of carbonyl (C=O) groups is 1. The number of ether oxygens (including phenoxy) is 2. The highest BCUT2D eigenvalue weighted by molar-refractivity contribution is 6.32. The predicted molar refractivity (Wildman–Crippen MR) is 116 cm³/mol. The first-order chi connectivity index (χ1) is 14.1. The Bertz CT molecular complexity index is 1090. The van der Waals surface area contributed by atoms with Gasteiger partial charge in [0.15, 0.2) is 11.5 Å². The van der Waals surface area contributed by atoms with E-state index < -0.39 is 0 Å². The summed E-state index contributed by atoms with van der Waals surface area (Å²) in [6, 6.07) is 11.6. The van der Waals surface area contributed by atoms with E-state index in [9.17, 15) is 4.79 Å². The van der Waals surface area contributed by atoms with E-state index in [2.05, 4.69) is 23.2 Å². The fraction of sp³-hybridized carbons (Fsp3) is 0.261. The quantitative estimate of drug-likeness (QED) is 0.632. The molecule has 29 heavy (non-hydrogen) atoms. The minimum atomic E-state index is -0.0672. The van der Waals surface area contributed by atoms with Gasteiger partial charge in [0.1, 0.15) is 0 Å². The Morgan fingerprint density at radius 1 is 1.28 bits per heavy atom. The molecular weight excluding hydrogens is 388 g/mol. The summed E-state index contributed by atoms with van der Waals surface area (Å²) in [6.45, 7) is 3.55. The number of nitrogens with one attached hydrogen (secondary N) is 1. The zero-order valence-corrected chi connectivity index (χ0v) is 17.3. The lowest BCUT2D eigenvalue weighted by molar-refractivity contribution is 0.0772. The van der Waals surface area contributed by atoms with Crippen LogP contribution in [0.3, 0.4) is 0 Å². The molecule has 0 bridgehead atoms. The van der Waals surface area contributed by atoms with Crippen LogP contribution in [0.4, 0.5) is 0 Å². The van der Waals surface area contributed by atoms with Gasteiger partial charge in [0.25, 0.3) is 5.91 Å². The van der Waals surface area contributed by atoms with E-state index in [0.29, 0.717) is 41.8 Å². The van der Waals surface area contributed by atoms with E-state index in [0.717, 1.165) is 11.9 Å². The lowest BCUT2D eigenvalue weighted by Gasteiger charge is -2.27. The van der Waals surface area contributed by atoms with Crippen LogP contribution in [0.25, 0.3) is 16.5 Å². The monoisotopic (exact) mass is 410 g/mol. The lowest BCUT2D eigenvalue weighted by Crippen LogP contribution is -2.34. The van der Waals surface area contributed by atoms with Gasteiger partial charge in [0.2, 0.25) is 0 Å². The van der Waals surface area contributed by atoms with Crippen molar-refractivity contribution in [2.75, 3.05) is 26.8 Å². The minimum Gasteiger partial charge on any atom is -0.493 e. The molecule has 0 aliphatic carbocycles. The number of aromatic amines is 1. The third-order valence-corrected chi connectivity index (χ3v) is 5.48. The molecule has 6 heteroatoms. The van der Waals surface area contributed by atoms with Crippen molar-refractivity contribution < 1.29 is 14.3 Å². The number of hydrogen-bond donors (Lipinski definition) is 1. The number of H-pyrrole nitrogens is 1. The van der Waals surface area contributed by atoms with Gasteiger partial charge < -0.3 is 19.4 Å². The van der Waals surface area contributed by atoms with Crippen molar-refractivity contribution in [2.24, 2.45) is 0 Å². The molecule has 1 aromatic heterocycles. The van der Waals surface area contributed by atoms with Gasteiger partial charge >= 0.3 is 0 Å². The fourth-order valence-electron chi connectivity index (χ4n) is 3.75. The van der Waals surface area contributed by atoms with Crippen molar-refractivity contribution in [3.05, 3.63) is 64.8 Å². The second-order valence-electron chi connectivity index (χ2n) is 6.90.